The monoisotopic (exact) mass is 306 g/mol. The van der Waals surface area contributed by atoms with Crippen molar-refractivity contribution in [1.29, 1.82) is 0 Å². The average molecular weight is 306 g/mol. The molecule has 4 heteroatoms. The van der Waals surface area contributed by atoms with Crippen molar-refractivity contribution in [1.82, 2.24) is 10.3 Å². The van der Waals surface area contributed by atoms with E-state index in [1.165, 1.54) is 7.11 Å². The summed E-state index contributed by atoms with van der Waals surface area (Å²) in [7, 11) is 1.45. The molecular weight excluding hydrogens is 288 g/mol. The number of fused-ring (bicyclic) bond motifs is 2. The van der Waals surface area contributed by atoms with Gasteiger partial charge in [0.2, 0.25) is 0 Å². The summed E-state index contributed by atoms with van der Waals surface area (Å²) in [5, 5.41) is 4.42. The Morgan fingerprint density at radius 2 is 2.04 bits per heavy atom. The minimum Gasteiger partial charge on any atom is -0.468 e. The summed E-state index contributed by atoms with van der Waals surface area (Å²) in [6, 6.07) is 8.24. The zero-order valence-electron chi connectivity index (χ0n) is 12.8. The number of hydrogen-bond acceptors (Lipinski definition) is 3. The number of ether oxygens (including phenoxy) is 1. The van der Waals surface area contributed by atoms with E-state index in [1.54, 1.807) is 0 Å². The summed E-state index contributed by atoms with van der Waals surface area (Å²) in [6.07, 6.45) is 12.2. The predicted octanol–water partition coefficient (Wildman–Crippen LogP) is 3.02. The van der Waals surface area contributed by atoms with E-state index in [1.807, 2.05) is 48.8 Å². The number of carbonyl (C=O) groups is 1. The van der Waals surface area contributed by atoms with Crippen LogP contribution in [0.4, 0.5) is 0 Å². The van der Waals surface area contributed by atoms with Crippen LogP contribution >= 0.6 is 0 Å². The molecule has 0 radical (unpaired) electrons. The SMILES string of the molecule is COC(=O)C(C1=CNC2C=CC=CC12)c1c[nH]c2ccccc12. The van der Waals surface area contributed by atoms with Crippen LogP contribution in [0.2, 0.25) is 0 Å². The van der Waals surface area contributed by atoms with Gasteiger partial charge in [-0.1, -0.05) is 42.5 Å². The number of carbonyl (C=O) groups excluding carboxylic acids is 1. The highest BCUT2D eigenvalue weighted by Crippen LogP contribution is 2.39. The third-order valence-corrected chi connectivity index (χ3v) is 4.66. The summed E-state index contributed by atoms with van der Waals surface area (Å²) < 4.78 is 5.11. The van der Waals surface area contributed by atoms with Crippen LogP contribution in [-0.4, -0.2) is 24.1 Å². The molecule has 2 aliphatic rings. The Bertz CT molecular complexity index is 844. The van der Waals surface area contributed by atoms with Crippen molar-refractivity contribution in [2.24, 2.45) is 5.92 Å². The van der Waals surface area contributed by atoms with Crippen molar-refractivity contribution in [2.75, 3.05) is 7.11 Å². The second-order valence-electron chi connectivity index (χ2n) is 5.88. The smallest absolute Gasteiger partial charge is 0.317 e. The Balaban J connectivity index is 1.81. The molecule has 0 fully saturated rings. The zero-order chi connectivity index (χ0) is 15.8. The number of aromatic amines is 1. The highest BCUT2D eigenvalue weighted by atomic mass is 16.5. The van der Waals surface area contributed by atoms with Crippen LogP contribution in [0.5, 0.6) is 0 Å². The number of benzene rings is 1. The Morgan fingerprint density at radius 3 is 2.91 bits per heavy atom. The highest BCUT2D eigenvalue weighted by molar-refractivity contribution is 5.92. The van der Waals surface area contributed by atoms with Gasteiger partial charge in [0.25, 0.3) is 0 Å². The van der Waals surface area contributed by atoms with E-state index in [0.29, 0.717) is 0 Å². The number of rotatable bonds is 3. The molecule has 1 aromatic heterocycles. The molecule has 0 amide bonds. The topological polar surface area (TPSA) is 54.1 Å². The summed E-state index contributed by atoms with van der Waals surface area (Å²) in [6.45, 7) is 0. The molecule has 1 aliphatic heterocycles. The van der Waals surface area contributed by atoms with Gasteiger partial charge in [-0.25, -0.2) is 0 Å². The van der Waals surface area contributed by atoms with E-state index < -0.39 is 5.92 Å². The maximum absolute atomic E-state index is 12.6. The van der Waals surface area contributed by atoms with Gasteiger partial charge in [-0.2, -0.15) is 0 Å². The third-order valence-electron chi connectivity index (χ3n) is 4.66. The number of aromatic nitrogens is 1. The quantitative estimate of drug-likeness (QED) is 0.857. The van der Waals surface area contributed by atoms with E-state index in [9.17, 15) is 4.79 Å². The highest BCUT2D eigenvalue weighted by Gasteiger charge is 2.37. The Labute approximate surface area is 134 Å². The summed E-state index contributed by atoms with van der Waals surface area (Å²) in [5.41, 5.74) is 3.04. The molecule has 116 valence electrons. The summed E-state index contributed by atoms with van der Waals surface area (Å²) in [5.74, 6) is -0.459. The van der Waals surface area contributed by atoms with Crippen LogP contribution in [0.1, 0.15) is 11.5 Å². The van der Waals surface area contributed by atoms with Gasteiger partial charge in [0.15, 0.2) is 0 Å². The van der Waals surface area contributed by atoms with Crippen molar-refractivity contribution in [3.63, 3.8) is 0 Å². The van der Waals surface area contributed by atoms with Crippen molar-refractivity contribution >= 4 is 16.9 Å². The molecule has 0 saturated carbocycles. The van der Waals surface area contributed by atoms with Gasteiger partial charge in [0.05, 0.1) is 13.2 Å². The van der Waals surface area contributed by atoms with Crippen molar-refractivity contribution in [3.05, 3.63) is 72.1 Å². The lowest BCUT2D eigenvalue weighted by atomic mass is 9.81. The Hall–Kier alpha value is -2.75. The molecule has 2 heterocycles. The second kappa shape index (κ2) is 5.47. The number of esters is 1. The van der Waals surface area contributed by atoms with Crippen molar-refractivity contribution in [3.8, 4) is 0 Å². The molecule has 4 nitrogen and oxygen atoms in total. The van der Waals surface area contributed by atoms with Gasteiger partial charge >= 0.3 is 5.97 Å². The maximum Gasteiger partial charge on any atom is 0.317 e. The van der Waals surface area contributed by atoms with Crippen LogP contribution in [0.25, 0.3) is 10.9 Å². The van der Waals surface area contributed by atoms with E-state index >= 15 is 0 Å². The zero-order valence-corrected chi connectivity index (χ0v) is 12.8. The second-order valence-corrected chi connectivity index (χ2v) is 5.88. The maximum atomic E-state index is 12.6. The van der Waals surface area contributed by atoms with E-state index in [0.717, 1.165) is 22.0 Å². The largest absolute Gasteiger partial charge is 0.468 e. The van der Waals surface area contributed by atoms with Crippen LogP contribution in [0.15, 0.2) is 66.5 Å². The standard InChI is InChI=1S/C19H18N2O2/c1-23-19(22)18(14-10-20-16-8-4-2-6-12(14)16)15-11-21-17-9-5-3-7-13(15)17/h2-12,16,18,20-21H,1H3. The number of hydrogen-bond donors (Lipinski definition) is 2. The number of methoxy groups -OCH3 is 1. The molecule has 1 aliphatic carbocycles. The minimum atomic E-state index is -0.408. The van der Waals surface area contributed by atoms with Crippen molar-refractivity contribution < 1.29 is 9.53 Å². The fraction of sp³-hybridized carbons (Fsp3) is 0.211. The van der Waals surface area contributed by atoms with Gasteiger partial charge in [0.1, 0.15) is 5.92 Å². The lowest BCUT2D eigenvalue weighted by molar-refractivity contribution is -0.141. The van der Waals surface area contributed by atoms with E-state index in [4.69, 9.17) is 4.74 Å². The number of H-pyrrole nitrogens is 1. The molecular formula is C19H18N2O2. The molecule has 1 aromatic carbocycles. The van der Waals surface area contributed by atoms with Gasteiger partial charge in [-0.05, 0) is 23.4 Å². The fourth-order valence-corrected chi connectivity index (χ4v) is 3.54. The normalized spacial score (nSPS) is 23.3. The first kappa shape index (κ1) is 13.9. The average Bonchev–Trinajstić information content (AvgIpc) is 3.20. The first-order valence-electron chi connectivity index (χ1n) is 7.74. The van der Waals surface area contributed by atoms with E-state index in [-0.39, 0.29) is 17.9 Å². The van der Waals surface area contributed by atoms with Gasteiger partial charge in [-0.3, -0.25) is 4.79 Å². The molecule has 23 heavy (non-hydrogen) atoms. The van der Waals surface area contributed by atoms with Gasteiger partial charge < -0.3 is 15.0 Å². The van der Waals surface area contributed by atoms with Crippen LogP contribution < -0.4 is 5.32 Å². The Kier molecular flexibility index (Phi) is 3.30. The number of nitrogens with one attached hydrogen (secondary N) is 2. The predicted molar refractivity (Wildman–Crippen MR) is 89.8 cm³/mol. The first-order valence-corrected chi connectivity index (χ1v) is 7.74. The molecule has 2 N–H and O–H groups in total. The minimum absolute atomic E-state index is 0.178. The fourth-order valence-electron chi connectivity index (χ4n) is 3.54. The summed E-state index contributed by atoms with van der Waals surface area (Å²) >= 11 is 0. The molecule has 2 aromatic rings. The lowest BCUT2D eigenvalue weighted by Crippen LogP contribution is -2.27. The number of allylic oxidation sites excluding steroid dienone is 2. The molecule has 0 spiro atoms. The van der Waals surface area contributed by atoms with Crippen LogP contribution in [0.3, 0.4) is 0 Å². The van der Waals surface area contributed by atoms with Gasteiger partial charge in [-0.15, -0.1) is 0 Å². The molecule has 0 saturated heterocycles. The first-order chi connectivity index (χ1) is 11.3. The number of para-hydroxylation sites is 1. The molecule has 4 rings (SSSR count). The van der Waals surface area contributed by atoms with Crippen LogP contribution in [-0.2, 0) is 9.53 Å². The Morgan fingerprint density at radius 1 is 1.22 bits per heavy atom. The van der Waals surface area contributed by atoms with Gasteiger partial charge in [0, 0.05) is 23.0 Å². The van der Waals surface area contributed by atoms with Crippen LogP contribution in [0, 0.1) is 5.92 Å². The lowest BCUT2D eigenvalue weighted by Gasteiger charge is -2.23. The third kappa shape index (κ3) is 2.18. The van der Waals surface area contributed by atoms with E-state index in [2.05, 4.69) is 22.5 Å². The van der Waals surface area contributed by atoms with Crippen molar-refractivity contribution in [2.45, 2.75) is 12.0 Å². The molecule has 3 unspecified atom stereocenters. The molecule has 3 atom stereocenters. The molecule has 0 bridgehead atoms. The summed E-state index contributed by atoms with van der Waals surface area (Å²) in [4.78, 5) is 15.8.